The van der Waals surface area contributed by atoms with Gasteiger partial charge < -0.3 is 9.64 Å². The minimum absolute atomic E-state index is 0.0503. The van der Waals surface area contributed by atoms with Gasteiger partial charge in [0.05, 0.1) is 23.4 Å². The standard InChI is InChI=1S/C24H18FN3O4S/c1-13(22(30)15-5-8-19-18(9-15)27(2)20(29)10-32-19)28-12-26-23-21(24(28)31)17(11-33-23)14-3-6-16(25)7-4-14/h3-9,11-13H,10H2,1-2H3. The van der Waals surface area contributed by atoms with Crippen LogP contribution in [0.4, 0.5) is 10.1 Å². The molecule has 1 atom stereocenters. The Bertz CT molecular complexity index is 1480. The Morgan fingerprint density at radius 2 is 1.94 bits per heavy atom. The molecule has 2 aromatic heterocycles. The molecule has 0 spiro atoms. The van der Waals surface area contributed by atoms with Crippen molar-refractivity contribution >= 4 is 38.9 Å². The van der Waals surface area contributed by atoms with Crippen LogP contribution in [0, 0.1) is 5.82 Å². The first-order chi connectivity index (χ1) is 15.8. The van der Waals surface area contributed by atoms with E-state index in [1.54, 1.807) is 49.7 Å². The van der Waals surface area contributed by atoms with Gasteiger partial charge in [-0.05, 0) is 42.8 Å². The van der Waals surface area contributed by atoms with Gasteiger partial charge in [0.2, 0.25) is 0 Å². The highest BCUT2D eigenvalue weighted by molar-refractivity contribution is 7.17. The Hall–Kier alpha value is -3.85. The average Bonchev–Trinajstić information content (AvgIpc) is 3.26. The van der Waals surface area contributed by atoms with Gasteiger partial charge >= 0.3 is 0 Å². The largest absolute Gasteiger partial charge is 0.482 e. The third-order valence-corrected chi connectivity index (χ3v) is 6.69. The number of ketones is 1. The van der Waals surface area contributed by atoms with Gasteiger partial charge in [-0.2, -0.15) is 0 Å². The number of hydrogen-bond donors (Lipinski definition) is 0. The SMILES string of the molecule is CC(C(=O)c1ccc2c(c1)N(C)C(=O)CO2)n1cnc2scc(-c3ccc(F)cc3)c2c1=O. The van der Waals surface area contributed by atoms with E-state index < -0.39 is 6.04 Å². The molecule has 3 heterocycles. The normalized spacial score (nSPS) is 14.2. The number of amides is 1. The van der Waals surface area contributed by atoms with Crippen LogP contribution in [-0.2, 0) is 4.79 Å². The van der Waals surface area contributed by atoms with Crippen LogP contribution in [0.3, 0.4) is 0 Å². The first-order valence-corrected chi connectivity index (χ1v) is 11.0. The van der Waals surface area contributed by atoms with Crippen LogP contribution in [0.2, 0.25) is 0 Å². The second kappa shape index (κ2) is 7.93. The third kappa shape index (κ3) is 3.50. The minimum atomic E-state index is -0.834. The lowest BCUT2D eigenvalue weighted by Crippen LogP contribution is -2.35. The van der Waals surface area contributed by atoms with Crippen LogP contribution < -0.4 is 15.2 Å². The van der Waals surface area contributed by atoms with E-state index in [2.05, 4.69) is 4.98 Å². The zero-order chi connectivity index (χ0) is 23.3. The van der Waals surface area contributed by atoms with Crippen molar-refractivity contribution in [1.29, 1.82) is 0 Å². The van der Waals surface area contributed by atoms with E-state index in [0.717, 1.165) is 0 Å². The summed E-state index contributed by atoms with van der Waals surface area (Å²) in [5, 5.41) is 2.19. The molecule has 0 saturated heterocycles. The molecule has 0 aliphatic carbocycles. The molecule has 5 rings (SSSR count). The van der Waals surface area contributed by atoms with Crippen LogP contribution in [0.15, 0.2) is 59.0 Å². The predicted molar refractivity (Wildman–Crippen MR) is 124 cm³/mol. The van der Waals surface area contributed by atoms with Crippen molar-refractivity contribution < 1.29 is 18.7 Å². The van der Waals surface area contributed by atoms with E-state index in [4.69, 9.17) is 4.74 Å². The van der Waals surface area contributed by atoms with Crippen molar-refractivity contribution in [3.63, 3.8) is 0 Å². The van der Waals surface area contributed by atoms with Gasteiger partial charge in [0.15, 0.2) is 12.4 Å². The Morgan fingerprint density at radius 1 is 1.18 bits per heavy atom. The van der Waals surface area contributed by atoms with Gasteiger partial charge in [0.1, 0.15) is 16.4 Å². The van der Waals surface area contributed by atoms with E-state index >= 15 is 0 Å². The number of halogens is 1. The van der Waals surface area contributed by atoms with E-state index in [1.165, 1.54) is 39.3 Å². The minimum Gasteiger partial charge on any atom is -0.482 e. The Morgan fingerprint density at radius 3 is 2.70 bits per heavy atom. The number of Topliss-reactive ketones (excluding diaryl/α,β-unsaturated/α-hetero) is 1. The van der Waals surface area contributed by atoms with E-state index in [-0.39, 0.29) is 29.7 Å². The lowest BCUT2D eigenvalue weighted by Gasteiger charge is -2.26. The second-order valence-corrected chi connectivity index (χ2v) is 8.62. The maximum absolute atomic E-state index is 13.4. The average molecular weight is 463 g/mol. The quantitative estimate of drug-likeness (QED) is 0.427. The number of nitrogens with zero attached hydrogens (tertiary/aromatic N) is 3. The summed E-state index contributed by atoms with van der Waals surface area (Å²) >= 11 is 1.31. The summed E-state index contributed by atoms with van der Waals surface area (Å²) < 4.78 is 20.1. The second-order valence-electron chi connectivity index (χ2n) is 7.76. The maximum atomic E-state index is 13.4. The van der Waals surface area contributed by atoms with Crippen LogP contribution >= 0.6 is 11.3 Å². The van der Waals surface area contributed by atoms with Crippen molar-refractivity contribution in [3.8, 4) is 16.9 Å². The summed E-state index contributed by atoms with van der Waals surface area (Å²) in [7, 11) is 1.62. The van der Waals surface area contributed by atoms with Gasteiger partial charge in [0.25, 0.3) is 11.5 Å². The topological polar surface area (TPSA) is 81.5 Å². The molecule has 4 aromatic rings. The van der Waals surface area contributed by atoms with E-state index in [9.17, 15) is 18.8 Å². The van der Waals surface area contributed by atoms with Crippen LogP contribution in [-0.4, -0.2) is 34.9 Å². The Labute approximate surface area is 191 Å². The molecule has 7 nitrogen and oxygen atoms in total. The fourth-order valence-electron chi connectivity index (χ4n) is 3.86. The monoisotopic (exact) mass is 463 g/mol. The Kier molecular flexibility index (Phi) is 5.05. The number of carbonyl (C=O) groups is 2. The Balaban J connectivity index is 1.54. The van der Waals surface area contributed by atoms with Gasteiger partial charge in [-0.15, -0.1) is 11.3 Å². The zero-order valence-corrected chi connectivity index (χ0v) is 18.6. The molecule has 0 fully saturated rings. The molecule has 9 heteroatoms. The summed E-state index contributed by atoms with van der Waals surface area (Å²) in [6.45, 7) is 1.58. The molecule has 1 amide bonds. The molecule has 0 radical (unpaired) electrons. The van der Waals surface area contributed by atoms with Crippen molar-refractivity contribution in [3.05, 3.63) is 75.9 Å². The van der Waals surface area contributed by atoms with Gasteiger partial charge in [-0.25, -0.2) is 9.37 Å². The number of benzene rings is 2. The molecular formula is C24H18FN3O4S. The van der Waals surface area contributed by atoms with Crippen molar-refractivity contribution in [2.45, 2.75) is 13.0 Å². The number of ether oxygens (including phenoxy) is 1. The lowest BCUT2D eigenvalue weighted by molar-refractivity contribution is -0.120. The smallest absolute Gasteiger partial charge is 0.264 e. The van der Waals surface area contributed by atoms with E-state index in [1.807, 2.05) is 0 Å². The number of anilines is 1. The molecular weight excluding hydrogens is 445 g/mol. The zero-order valence-electron chi connectivity index (χ0n) is 17.7. The molecule has 0 saturated carbocycles. The van der Waals surface area contributed by atoms with Gasteiger partial charge in [0, 0.05) is 23.6 Å². The first kappa shape index (κ1) is 21.0. The summed E-state index contributed by atoms with van der Waals surface area (Å²) in [4.78, 5) is 45.0. The van der Waals surface area contributed by atoms with Gasteiger partial charge in [-0.3, -0.25) is 19.0 Å². The van der Waals surface area contributed by atoms with Crippen LogP contribution in [0.1, 0.15) is 23.3 Å². The number of aromatic nitrogens is 2. The number of thiophene rings is 1. The van der Waals surface area contributed by atoms with Crippen molar-refractivity contribution in [1.82, 2.24) is 9.55 Å². The van der Waals surface area contributed by atoms with Crippen LogP contribution in [0.5, 0.6) is 5.75 Å². The number of hydrogen-bond acceptors (Lipinski definition) is 6. The number of fused-ring (bicyclic) bond motifs is 2. The summed E-state index contributed by atoms with van der Waals surface area (Å²) in [5.41, 5.74) is 1.84. The summed E-state index contributed by atoms with van der Waals surface area (Å²) in [5.74, 6) is -0.359. The number of rotatable bonds is 4. The van der Waals surface area contributed by atoms with Crippen molar-refractivity contribution in [2.75, 3.05) is 18.6 Å². The highest BCUT2D eigenvalue weighted by Crippen LogP contribution is 2.34. The highest BCUT2D eigenvalue weighted by atomic mass is 32.1. The number of carbonyl (C=O) groups excluding carboxylic acids is 2. The van der Waals surface area contributed by atoms with E-state index in [0.29, 0.717) is 38.3 Å². The van der Waals surface area contributed by atoms with Crippen LogP contribution in [0.25, 0.3) is 21.3 Å². The molecule has 1 unspecified atom stereocenters. The highest BCUT2D eigenvalue weighted by Gasteiger charge is 2.26. The first-order valence-electron chi connectivity index (χ1n) is 10.2. The fourth-order valence-corrected chi connectivity index (χ4v) is 4.76. The predicted octanol–water partition coefficient (Wildman–Crippen LogP) is 4.06. The number of likely N-dealkylation sites (N-methyl/N-ethyl adjacent to an activating group) is 1. The summed E-state index contributed by atoms with van der Waals surface area (Å²) in [6.07, 6.45) is 1.37. The molecule has 1 aliphatic rings. The third-order valence-electron chi connectivity index (χ3n) is 5.80. The molecule has 0 bridgehead atoms. The maximum Gasteiger partial charge on any atom is 0.264 e. The van der Waals surface area contributed by atoms with Gasteiger partial charge in [-0.1, -0.05) is 12.1 Å². The molecule has 1 aliphatic heterocycles. The summed E-state index contributed by atoms with van der Waals surface area (Å²) in [6, 6.07) is 9.91. The molecule has 33 heavy (non-hydrogen) atoms. The van der Waals surface area contributed by atoms with Crippen molar-refractivity contribution in [2.24, 2.45) is 0 Å². The lowest BCUT2D eigenvalue weighted by atomic mass is 10.0. The fraction of sp³-hybridized carbons (Fsp3) is 0.167. The molecule has 0 N–H and O–H groups in total. The molecule has 166 valence electrons. The molecule has 2 aromatic carbocycles.